The Labute approximate surface area is 192 Å². The summed E-state index contributed by atoms with van der Waals surface area (Å²) in [7, 11) is 0. The number of aryl methyl sites for hydroxylation is 2. The summed E-state index contributed by atoms with van der Waals surface area (Å²) in [6, 6.07) is 8.13. The van der Waals surface area contributed by atoms with Crippen molar-refractivity contribution in [3.8, 4) is 0 Å². The molecule has 4 rings (SSSR count). The minimum atomic E-state index is 0.0443. The van der Waals surface area contributed by atoms with Crippen molar-refractivity contribution in [2.24, 2.45) is 5.92 Å². The maximum Gasteiger partial charge on any atom is 0.253 e. The van der Waals surface area contributed by atoms with Gasteiger partial charge in [0.05, 0.1) is 5.75 Å². The van der Waals surface area contributed by atoms with Crippen LogP contribution in [-0.2, 0) is 11.2 Å². The number of carbonyl (C=O) groups excluding carboxylic acids is 1. The van der Waals surface area contributed by atoms with Gasteiger partial charge < -0.3 is 5.32 Å². The molecule has 1 aliphatic carbocycles. The molecule has 1 aromatic carbocycles. The summed E-state index contributed by atoms with van der Waals surface area (Å²) in [4.78, 5) is 21.6. The van der Waals surface area contributed by atoms with Crippen molar-refractivity contribution in [3.05, 3.63) is 51.8 Å². The van der Waals surface area contributed by atoms with Gasteiger partial charge in [-0.15, -0.1) is 5.10 Å². The van der Waals surface area contributed by atoms with Crippen LogP contribution in [0.4, 0.5) is 0 Å². The minimum Gasteiger partial charge on any atom is -0.352 e. The molecule has 2 atom stereocenters. The zero-order valence-electron chi connectivity index (χ0n) is 18.2. The molecule has 0 spiro atoms. The second kappa shape index (κ2) is 9.57. The van der Waals surface area contributed by atoms with E-state index in [0.717, 1.165) is 34.0 Å². The normalized spacial score (nSPS) is 19.0. The number of nitrogens with zero attached hydrogens (tertiary/aromatic N) is 4. The van der Waals surface area contributed by atoms with Gasteiger partial charge in [0.2, 0.25) is 11.1 Å². The summed E-state index contributed by atoms with van der Waals surface area (Å²) in [6.45, 7) is 6.23. The molecule has 1 aliphatic rings. The lowest BCUT2D eigenvalue weighted by Gasteiger charge is -2.29. The number of aromatic nitrogens is 4. The van der Waals surface area contributed by atoms with Crippen LogP contribution in [-0.4, -0.2) is 37.3 Å². The van der Waals surface area contributed by atoms with E-state index in [4.69, 9.17) is 11.6 Å². The lowest BCUT2D eigenvalue weighted by Crippen LogP contribution is -2.41. The van der Waals surface area contributed by atoms with Crippen LogP contribution in [0.15, 0.2) is 29.4 Å². The first-order valence-corrected chi connectivity index (χ1v) is 12.2. The molecule has 2 unspecified atom stereocenters. The van der Waals surface area contributed by atoms with Gasteiger partial charge in [0.15, 0.2) is 0 Å². The van der Waals surface area contributed by atoms with Crippen LogP contribution in [0.1, 0.15) is 55.1 Å². The van der Waals surface area contributed by atoms with Crippen molar-refractivity contribution < 1.29 is 4.79 Å². The molecule has 164 valence electrons. The molecular formula is C23H28ClN5OS. The Morgan fingerprint density at radius 2 is 2.00 bits per heavy atom. The third-order valence-corrected chi connectivity index (χ3v) is 7.35. The first kappa shape index (κ1) is 22.1. The monoisotopic (exact) mass is 457 g/mol. The van der Waals surface area contributed by atoms with Crippen LogP contribution < -0.4 is 5.32 Å². The molecule has 0 aliphatic heterocycles. The Hall–Kier alpha value is -2.12. The van der Waals surface area contributed by atoms with E-state index in [0.29, 0.717) is 29.0 Å². The SMILES string of the molecule is Cc1nc2nc(SCC(=O)NC3CCCCC3C)nn2c(C)c1Cc1ccccc1Cl. The number of hydrogen-bond acceptors (Lipinski definition) is 5. The van der Waals surface area contributed by atoms with Gasteiger partial charge in [-0.25, -0.2) is 9.50 Å². The van der Waals surface area contributed by atoms with Gasteiger partial charge >= 0.3 is 0 Å². The Bertz CT molecular complexity index is 1100. The molecule has 1 fully saturated rings. The Morgan fingerprint density at radius 3 is 2.77 bits per heavy atom. The first-order chi connectivity index (χ1) is 14.9. The van der Waals surface area contributed by atoms with E-state index in [2.05, 4.69) is 27.3 Å². The predicted octanol–water partition coefficient (Wildman–Crippen LogP) is 4.77. The average Bonchev–Trinajstić information content (AvgIpc) is 3.15. The number of halogens is 1. The summed E-state index contributed by atoms with van der Waals surface area (Å²) in [5.74, 6) is 1.46. The van der Waals surface area contributed by atoms with Crippen molar-refractivity contribution in [1.82, 2.24) is 24.9 Å². The Kier molecular flexibility index (Phi) is 6.82. The number of thioether (sulfide) groups is 1. The van der Waals surface area contributed by atoms with Crippen LogP contribution >= 0.6 is 23.4 Å². The zero-order valence-corrected chi connectivity index (χ0v) is 19.8. The van der Waals surface area contributed by atoms with Gasteiger partial charge in [0.25, 0.3) is 5.78 Å². The van der Waals surface area contributed by atoms with Gasteiger partial charge in [-0.1, -0.05) is 61.3 Å². The van der Waals surface area contributed by atoms with Crippen molar-refractivity contribution in [3.63, 3.8) is 0 Å². The molecule has 1 saturated carbocycles. The summed E-state index contributed by atoms with van der Waals surface area (Å²) >= 11 is 7.71. The van der Waals surface area contributed by atoms with E-state index in [1.54, 1.807) is 4.52 Å². The third-order valence-electron chi connectivity index (χ3n) is 6.14. The number of carbonyl (C=O) groups is 1. The fourth-order valence-corrected chi connectivity index (χ4v) is 5.08. The number of benzene rings is 1. The molecule has 31 heavy (non-hydrogen) atoms. The third kappa shape index (κ3) is 5.04. The fourth-order valence-electron chi connectivity index (χ4n) is 4.25. The summed E-state index contributed by atoms with van der Waals surface area (Å²) in [6.07, 6.45) is 5.40. The van der Waals surface area contributed by atoms with E-state index in [9.17, 15) is 4.79 Å². The summed E-state index contributed by atoms with van der Waals surface area (Å²) in [5, 5.41) is 9.10. The molecular weight excluding hydrogens is 430 g/mol. The lowest BCUT2D eigenvalue weighted by atomic mass is 9.86. The second-order valence-electron chi connectivity index (χ2n) is 8.36. The molecule has 0 saturated heterocycles. The number of hydrogen-bond donors (Lipinski definition) is 1. The Balaban J connectivity index is 1.47. The molecule has 3 aromatic rings. The molecule has 8 heteroatoms. The first-order valence-electron chi connectivity index (χ1n) is 10.8. The van der Waals surface area contributed by atoms with E-state index in [1.807, 2.05) is 38.1 Å². The van der Waals surface area contributed by atoms with Gasteiger partial charge in [-0.3, -0.25) is 4.79 Å². The highest BCUT2D eigenvalue weighted by molar-refractivity contribution is 7.99. The Morgan fingerprint density at radius 1 is 1.23 bits per heavy atom. The molecule has 1 N–H and O–H groups in total. The van der Waals surface area contributed by atoms with Crippen molar-refractivity contribution in [2.45, 2.75) is 64.1 Å². The van der Waals surface area contributed by atoms with Crippen LogP contribution in [0.5, 0.6) is 0 Å². The molecule has 1 amide bonds. The fraction of sp³-hybridized carbons (Fsp3) is 0.478. The molecule has 6 nitrogen and oxygen atoms in total. The lowest BCUT2D eigenvalue weighted by molar-refractivity contribution is -0.119. The highest BCUT2D eigenvalue weighted by Crippen LogP contribution is 2.25. The predicted molar refractivity (Wildman–Crippen MR) is 125 cm³/mol. The van der Waals surface area contributed by atoms with E-state index in [-0.39, 0.29) is 11.9 Å². The largest absolute Gasteiger partial charge is 0.352 e. The van der Waals surface area contributed by atoms with Crippen LogP contribution in [0.2, 0.25) is 5.02 Å². The topological polar surface area (TPSA) is 72.2 Å². The number of nitrogens with one attached hydrogen (secondary N) is 1. The highest BCUT2D eigenvalue weighted by atomic mass is 35.5. The molecule has 2 aromatic heterocycles. The average molecular weight is 458 g/mol. The van der Waals surface area contributed by atoms with E-state index < -0.39 is 0 Å². The van der Waals surface area contributed by atoms with Crippen LogP contribution in [0.3, 0.4) is 0 Å². The van der Waals surface area contributed by atoms with Gasteiger partial charge in [0.1, 0.15) is 0 Å². The van der Waals surface area contributed by atoms with Gasteiger partial charge in [-0.2, -0.15) is 4.98 Å². The van der Waals surface area contributed by atoms with Gasteiger partial charge in [-0.05, 0) is 49.8 Å². The van der Waals surface area contributed by atoms with Crippen LogP contribution in [0.25, 0.3) is 5.78 Å². The maximum absolute atomic E-state index is 12.4. The van der Waals surface area contributed by atoms with Crippen molar-refractivity contribution >= 4 is 35.0 Å². The number of amides is 1. The minimum absolute atomic E-state index is 0.0443. The van der Waals surface area contributed by atoms with E-state index >= 15 is 0 Å². The number of rotatable bonds is 6. The van der Waals surface area contributed by atoms with Crippen LogP contribution in [0, 0.1) is 19.8 Å². The smallest absolute Gasteiger partial charge is 0.253 e. The molecule has 0 bridgehead atoms. The quantitative estimate of drug-likeness (QED) is 0.539. The van der Waals surface area contributed by atoms with E-state index in [1.165, 1.54) is 31.0 Å². The summed E-state index contributed by atoms with van der Waals surface area (Å²) < 4.78 is 1.77. The van der Waals surface area contributed by atoms with Gasteiger partial charge in [0, 0.05) is 28.9 Å². The molecule has 0 radical (unpaired) electrons. The maximum atomic E-state index is 12.4. The number of fused-ring (bicyclic) bond motifs is 1. The zero-order chi connectivity index (χ0) is 22.0. The summed E-state index contributed by atoms with van der Waals surface area (Å²) in [5.41, 5.74) is 4.05. The second-order valence-corrected chi connectivity index (χ2v) is 9.71. The van der Waals surface area contributed by atoms with Crippen molar-refractivity contribution in [2.75, 3.05) is 5.75 Å². The van der Waals surface area contributed by atoms with Crippen molar-refractivity contribution in [1.29, 1.82) is 0 Å². The standard InChI is InChI=1S/C23H28ClN5OS/c1-14-8-4-7-11-20(14)26-21(30)13-31-23-27-22-25-15(2)18(16(3)29(22)28-23)12-17-9-5-6-10-19(17)24/h5-6,9-10,14,20H,4,7-8,11-13H2,1-3H3,(H,26,30). The highest BCUT2D eigenvalue weighted by Gasteiger charge is 2.23. The molecule has 2 heterocycles.